The van der Waals surface area contributed by atoms with Crippen molar-refractivity contribution in [2.45, 2.75) is 6.04 Å². The van der Waals surface area contributed by atoms with Crippen molar-refractivity contribution in [3.63, 3.8) is 0 Å². The Balaban J connectivity index is 4.06. The van der Waals surface area contributed by atoms with Crippen molar-refractivity contribution in [1.82, 2.24) is 5.32 Å². The van der Waals surface area contributed by atoms with E-state index in [1.807, 2.05) is 0 Å². The number of amides is 1. The average Bonchev–Trinajstić information content (AvgIpc) is 1.88. The fourth-order valence-corrected chi connectivity index (χ4v) is 0.693. The molecule has 58 valence electrons. The predicted octanol–water partition coefficient (Wildman–Crippen LogP) is -1.13. The Bertz CT molecular complexity index is 149. The number of ketones is 1. The molecule has 0 aromatic carbocycles. The highest BCUT2D eigenvalue weighted by molar-refractivity contribution is 6.30. The van der Waals surface area contributed by atoms with Crippen molar-refractivity contribution in [2.24, 2.45) is 5.73 Å². The first-order valence-electron chi connectivity index (χ1n) is 2.68. The number of hydrogen-bond donors (Lipinski definition) is 2. The Morgan fingerprint density at radius 3 is 2.30 bits per heavy atom. The van der Waals surface area contributed by atoms with Gasteiger partial charge in [0, 0.05) is 0 Å². The molecule has 0 saturated heterocycles. The zero-order valence-electron chi connectivity index (χ0n) is 5.56. The Kier molecular flexibility index (Phi) is 3.99. The summed E-state index contributed by atoms with van der Waals surface area (Å²) < 4.78 is 0. The normalized spacial score (nSPS) is 12.6. The zero-order chi connectivity index (χ0) is 8.15. The molecule has 10 heavy (non-hydrogen) atoms. The number of primary amides is 1. The fraction of sp³-hybridized carbons (Fsp3) is 0.600. The molecule has 1 amide bonds. The molecule has 0 aromatic heterocycles. The number of nitrogens with two attached hydrogens (primary N) is 1. The molecule has 0 rings (SSSR count). The zero-order valence-corrected chi connectivity index (χ0v) is 6.31. The van der Waals surface area contributed by atoms with Gasteiger partial charge >= 0.3 is 0 Å². The Morgan fingerprint density at radius 2 is 2.20 bits per heavy atom. The van der Waals surface area contributed by atoms with Gasteiger partial charge in [-0.05, 0) is 7.05 Å². The van der Waals surface area contributed by atoms with Crippen molar-refractivity contribution in [1.29, 1.82) is 0 Å². The molecule has 0 bridgehead atoms. The van der Waals surface area contributed by atoms with Crippen LogP contribution in [0.2, 0.25) is 0 Å². The van der Waals surface area contributed by atoms with Gasteiger partial charge in [0.25, 0.3) is 0 Å². The van der Waals surface area contributed by atoms with Crippen molar-refractivity contribution < 1.29 is 9.59 Å². The first-order valence-corrected chi connectivity index (χ1v) is 3.22. The molecule has 0 heterocycles. The van der Waals surface area contributed by atoms with Crippen molar-refractivity contribution in [3.8, 4) is 0 Å². The maximum absolute atomic E-state index is 10.7. The van der Waals surface area contributed by atoms with Crippen LogP contribution in [-0.4, -0.2) is 30.7 Å². The molecule has 0 aliphatic rings. The minimum atomic E-state index is -0.947. The highest BCUT2D eigenvalue weighted by Crippen LogP contribution is 1.87. The molecule has 3 N–H and O–H groups in total. The largest absolute Gasteiger partial charge is 0.368 e. The van der Waals surface area contributed by atoms with Crippen LogP contribution in [0.1, 0.15) is 0 Å². The Labute approximate surface area is 63.7 Å². The number of rotatable bonds is 4. The maximum Gasteiger partial charge on any atom is 0.242 e. The topological polar surface area (TPSA) is 72.2 Å². The van der Waals surface area contributed by atoms with Gasteiger partial charge in [-0.25, -0.2) is 0 Å². The third-order valence-corrected chi connectivity index (χ3v) is 1.29. The lowest BCUT2D eigenvalue weighted by molar-refractivity contribution is -0.127. The Hall–Kier alpha value is -0.610. The predicted molar refractivity (Wildman–Crippen MR) is 37.8 cm³/mol. The third kappa shape index (κ3) is 2.33. The SMILES string of the molecule is CN[C@H](C(N)=O)C(=O)CCl. The first kappa shape index (κ1) is 9.39. The van der Waals surface area contributed by atoms with Crippen LogP contribution in [0.25, 0.3) is 0 Å². The number of nitrogens with one attached hydrogen (secondary N) is 1. The summed E-state index contributed by atoms with van der Waals surface area (Å²) in [4.78, 5) is 21.1. The number of carbonyl (C=O) groups is 2. The molecule has 4 nitrogen and oxygen atoms in total. The summed E-state index contributed by atoms with van der Waals surface area (Å²) in [5.41, 5.74) is 4.84. The van der Waals surface area contributed by atoms with Gasteiger partial charge in [0.1, 0.15) is 6.04 Å². The number of likely N-dealkylation sites (N-methyl/N-ethyl adjacent to an activating group) is 1. The van der Waals surface area contributed by atoms with Gasteiger partial charge in [0.05, 0.1) is 5.88 Å². The second kappa shape index (κ2) is 4.24. The number of alkyl halides is 1. The lowest BCUT2D eigenvalue weighted by Gasteiger charge is -2.07. The summed E-state index contributed by atoms with van der Waals surface area (Å²) in [6.07, 6.45) is 0. The minimum absolute atomic E-state index is 0.200. The first-order chi connectivity index (χ1) is 4.63. The van der Waals surface area contributed by atoms with Crippen molar-refractivity contribution in [3.05, 3.63) is 0 Å². The highest BCUT2D eigenvalue weighted by Gasteiger charge is 2.20. The van der Waals surface area contributed by atoms with E-state index in [2.05, 4.69) is 5.32 Å². The van der Waals surface area contributed by atoms with Crippen LogP contribution in [0.3, 0.4) is 0 Å². The smallest absolute Gasteiger partial charge is 0.242 e. The van der Waals surface area contributed by atoms with Crippen molar-refractivity contribution in [2.75, 3.05) is 12.9 Å². The van der Waals surface area contributed by atoms with Gasteiger partial charge in [-0.15, -0.1) is 11.6 Å². The van der Waals surface area contributed by atoms with E-state index in [0.717, 1.165) is 0 Å². The Morgan fingerprint density at radius 1 is 1.70 bits per heavy atom. The van der Waals surface area contributed by atoms with Gasteiger partial charge < -0.3 is 11.1 Å². The van der Waals surface area contributed by atoms with E-state index in [1.54, 1.807) is 0 Å². The van der Waals surface area contributed by atoms with E-state index in [-0.39, 0.29) is 5.88 Å². The van der Waals surface area contributed by atoms with Gasteiger partial charge in [-0.3, -0.25) is 9.59 Å². The van der Waals surface area contributed by atoms with Gasteiger partial charge in [0.15, 0.2) is 5.78 Å². The summed E-state index contributed by atoms with van der Waals surface area (Å²) >= 11 is 5.17. The molecule has 0 unspecified atom stereocenters. The third-order valence-electron chi connectivity index (χ3n) is 1.03. The summed E-state index contributed by atoms with van der Waals surface area (Å²) in [7, 11) is 1.47. The van der Waals surface area contributed by atoms with Gasteiger partial charge in [-0.1, -0.05) is 0 Å². The van der Waals surface area contributed by atoms with E-state index < -0.39 is 17.7 Å². The highest BCUT2D eigenvalue weighted by atomic mass is 35.5. The molecule has 0 fully saturated rings. The molecular formula is C5H9ClN2O2. The molecule has 0 spiro atoms. The van der Waals surface area contributed by atoms with Crippen LogP contribution in [0, 0.1) is 0 Å². The van der Waals surface area contributed by atoms with Gasteiger partial charge in [0.2, 0.25) is 5.91 Å². The summed E-state index contributed by atoms with van der Waals surface area (Å²) in [5.74, 6) is -1.31. The monoisotopic (exact) mass is 164 g/mol. The lowest BCUT2D eigenvalue weighted by Crippen LogP contribution is -2.45. The molecule has 0 saturated carbocycles. The maximum atomic E-state index is 10.7. The van der Waals surface area contributed by atoms with Crippen LogP contribution >= 0.6 is 11.6 Å². The molecular weight excluding hydrogens is 156 g/mol. The summed E-state index contributed by atoms with van der Waals surface area (Å²) in [6.45, 7) is 0. The number of carbonyl (C=O) groups excluding carboxylic acids is 2. The lowest BCUT2D eigenvalue weighted by atomic mass is 10.2. The summed E-state index contributed by atoms with van der Waals surface area (Å²) in [6, 6.07) is -0.947. The van der Waals surface area contributed by atoms with Crippen LogP contribution in [-0.2, 0) is 9.59 Å². The number of halogens is 1. The fourth-order valence-electron chi connectivity index (χ4n) is 0.539. The quantitative estimate of drug-likeness (QED) is 0.408. The minimum Gasteiger partial charge on any atom is -0.368 e. The van der Waals surface area contributed by atoms with E-state index in [1.165, 1.54) is 7.05 Å². The summed E-state index contributed by atoms with van der Waals surface area (Å²) in [5, 5.41) is 2.44. The molecule has 0 aromatic rings. The standard InChI is InChI=1S/C5H9ClN2O2/c1-8-4(5(7)10)3(9)2-6/h4,8H,2H2,1H3,(H2,7,10)/t4-/m0/s1. The average molecular weight is 165 g/mol. The second-order valence-corrected chi connectivity index (χ2v) is 1.99. The van der Waals surface area contributed by atoms with Gasteiger partial charge in [-0.2, -0.15) is 0 Å². The van der Waals surface area contributed by atoms with E-state index in [4.69, 9.17) is 17.3 Å². The van der Waals surface area contributed by atoms with Crippen molar-refractivity contribution >= 4 is 23.3 Å². The van der Waals surface area contributed by atoms with Crippen LogP contribution < -0.4 is 11.1 Å². The molecule has 0 aliphatic heterocycles. The van der Waals surface area contributed by atoms with E-state index in [9.17, 15) is 9.59 Å². The molecule has 1 atom stereocenters. The molecule has 0 radical (unpaired) electrons. The van der Waals surface area contributed by atoms with Crippen LogP contribution in [0.5, 0.6) is 0 Å². The number of Topliss-reactive ketones (excluding diaryl/α,β-unsaturated/α-hetero) is 1. The second-order valence-electron chi connectivity index (χ2n) is 1.72. The van der Waals surface area contributed by atoms with E-state index >= 15 is 0 Å². The number of hydrogen-bond acceptors (Lipinski definition) is 3. The van der Waals surface area contributed by atoms with E-state index in [0.29, 0.717) is 0 Å². The molecule has 0 aliphatic carbocycles. The van der Waals surface area contributed by atoms with Crippen LogP contribution in [0.15, 0.2) is 0 Å². The molecule has 5 heteroatoms. The van der Waals surface area contributed by atoms with Crippen LogP contribution in [0.4, 0.5) is 0 Å².